The van der Waals surface area contributed by atoms with Crippen molar-refractivity contribution in [1.82, 2.24) is 9.88 Å². The first-order valence-corrected chi connectivity index (χ1v) is 14.1. The van der Waals surface area contributed by atoms with Crippen molar-refractivity contribution in [2.75, 3.05) is 29.3 Å². The minimum absolute atomic E-state index is 0.00290. The molecule has 1 aromatic heterocycles. The van der Waals surface area contributed by atoms with Crippen LogP contribution in [0, 0.1) is 0 Å². The van der Waals surface area contributed by atoms with E-state index in [-0.39, 0.29) is 22.8 Å². The molecule has 0 bridgehead atoms. The van der Waals surface area contributed by atoms with Gasteiger partial charge in [0.25, 0.3) is 10.0 Å². The number of anilines is 2. The van der Waals surface area contributed by atoms with Gasteiger partial charge in [-0.1, -0.05) is 18.2 Å². The summed E-state index contributed by atoms with van der Waals surface area (Å²) in [6.07, 6.45) is 3.44. The molecule has 2 fully saturated rings. The molecule has 186 valence electrons. The van der Waals surface area contributed by atoms with Crippen molar-refractivity contribution >= 4 is 44.1 Å². The smallest absolute Gasteiger partial charge is 0.322 e. The van der Waals surface area contributed by atoms with Crippen LogP contribution in [-0.2, 0) is 25.0 Å². The van der Waals surface area contributed by atoms with Gasteiger partial charge in [0.2, 0.25) is 5.91 Å². The zero-order chi connectivity index (χ0) is 24.9. The number of carbonyl (C=O) groups is 2. The van der Waals surface area contributed by atoms with Gasteiger partial charge in [-0.3, -0.25) is 19.2 Å². The highest BCUT2D eigenvalue weighted by Gasteiger charge is 2.52. The molecule has 2 aromatic carbocycles. The number of nitrogens with zero attached hydrogens (tertiary/aromatic N) is 3. The van der Waals surface area contributed by atoms with Crippen molar-refractivity contribution in [2.24, 2.45) is 0 Å². The molecule has 1 N–H and O–H groups in total. The number of likely N-dealkylation sites (tertiary alicyclic amines) is 1. The van der Waals surface area contributed by atoms with Gasteiger partial charge in [0, 0.05) is 42.5 Å². The van der Waals surface area contributed by atoms with E-state index in [1.807, 2.05) is 24.3 Å². The number of hydrogen-bond donors (Lipinski definition) is 1. The summed E-state index contributed by atoms with van der Waals surface area (Å²) in [4.78, 5) is 34.0. The van der Waals surface area contributed by atoms with E-state index in [1.165, 1.54) is 29.7 Å². The van der Waals surface area contributed by atoms with E-state index >= 15 is 0 Å². The fourth-order valence-electron chi connectivity index (χ4n) is 5.46. The Morgan fingerprint density at radius 3 is 2.50 bits per heavy atom. The van der Waals surface area contributed by atoms with E-state index < -0.39 is 15.4 Å². The summed E-state index contributed by atoms with van der Waals surface area (Å²) in [6, 6.07) is 13.7. The third-order valence-corrected chi connectivity index (χ3v) is 9.55. The average molecular weight is 525 g/mol. The molecule has 11 heteroatoms. The molecule has 3 aromatic rings. The summed E-state index contributed by atoms with van der Waals surface area (Å²) in [5, 5.41) is 1.99. The summed E-state index contributed by atoms with van der Waals surface area (Å²) in [6.45, 7) is 1.82. The van der Waals surface area contributed by atoms with E-state index in [9.17, 15) is 18.0 Å². The normalized spacial score (nSPS) is 21.6. The van der Waals surface area contributed by atoms with Crippen LogP contribution in [0.3, 0.4) is 0 Å². The number of rotatable bonds is 5. The molecule has 4 heterocycles. The lowest BCUT2D eigenvalue weighted by Crippen LogP contribution is -2.51. The van der Waals surface area contributed by atoms with Gasteiger partial charge in [0.1, 0.15) is 5.75 Å². The summed E-state index contributed by atoms with van der Waals surface area (Å²) < 4.78 is 33.2. The van der Waals surface area contributed by atoms with E-state index in [0.717, 1.165) is 5.56 Å². The maximum atomic E-state index is 13.3. The molecule has 9 nitrogen and oxygen atoms in total. The number of sulfonamides is 1. The number of nitrogens with one attached hydrogen (secondary N) is 1. The number of thiazole rings is 1. The molecular weight excluding hydrogens is 500 g/mol. The van der Waals surface area contributed by atoms with E-state index in [0.29, 0.717) is 55.5 Å². The van der Waals surface area contributed by atoms with Crippen LogP contribution in [0.4, 0.5) is 10.8 Å². The van der Waals surface area contributed by atoms with Crippen molar-refractivity contribution in [3.05, 3.63) is 65.7 Å². The predicted molar refractivity (Wildman–Crippen MR) is 135 cm³/mol. The zero-order valence-electron chi connectivity index (χ0n) is 19.3. The molecule has 0 saturated carbocycles. The van der Waals surface area contributed by atoms with Crippen molar-refractivity contribution < 1.29 is 22.7 Å². The highest BCUT2D eigenvalue weighted by Crippen LogP contribution is 2.46. The van der Waals surface area contributed by atoms with Crippen molar-refractivity contribution in [3.63, 3.8) is 0 Å². The van der Waals surface area contributed by atoms with Gasteiger partial charge < -0.3 is 9.64 Å². The van der Waals surface area contributed by atoms with Gasteiger partial charge in [-0.2, -0.15) is 0 Å². The number of esters is 1. The summed E-state index contributed by atoms with van der Waals surface area (Å²) >= 11 is 1.20. The van der Waals surface area contributed by atoms with Crippen LogP contribution >= 0.6 is 11.3 Å². The topological polar surface area (TPSA) is 109 Å². The van der Waals surface area contributed by atoms with Crippen molar-refractivity contribution in [3.8, 4) is 5.75 Å². The number of benzene rings is 2. The monoisotopic (exact) mass is 524 g/mol. The number of hydrogen-bond acceptors (Lipinski definition) is 8. The van der Waals surface area contributed by atoms with E-state index in [2.05, 4.69) is 14.6 Å². The van der Waals surface area contributed by atoms with Crippen LogP contribution in [0.25, 0.3) is 0 Å². The van der Waals surface area contributed by atoms with Crippen LogP contribution in [0.15, 0.2) is 65.0 Å². The minimum atomic E-state index is -3.75. The van der Waals surface area contributed by atoms with Crippen LogP contribution in [-0.4, -0.2) is 55.9 Å². The van der Waals surface area contributed by atoms with Crippen molar-refractivity contribution in [2.45, 2.75) is 35.6 Å². The fourth-order valence-corrected chi connectivity index (χ4v) is 7.25. The van der Waals surface area contributed by atoms with Gasteiger partial charge in [0.05, 0.1) is 16.4 Å². The molecule has 1 atom stereocenters. The predicted octanol–water partition coefficient (Wildman–Crippen LogP) is 3.00. The quantitative estimate of drug-likeness (QED) is 0.404. The van der Waals surface area contributed by atoms with Gasteiger partial charge in [-0.05, 0) is 49.6 Å². The molecular formula is C25H24N4O5S2. The third kappa shape index (κ3) is 3.78. The Bertz CT molecular complexity index is 1410. The van der Waals surface area contributed by atoms with E-state index in [4.69, 9.17) is 4.74 Å². The number of ether oxygens (including phenoxy) is 1. The number of amides is 1. The standard InChI is InChI=1S/C25H24N4O5S2/c30-22-20(28-14-10-25(11-15-28)19-3-1-2-4-21(19)34-23(25)31)9-13-29(22)17-5-7-18(8-6-17)36(32,33)27-24-26-12-16-35-24/h1-8,12,16,20H,9-11,13-15H2,(H,26,27)/t20-/m0/s1. The SMILES string of the molecule is O=C1[C@@H](N2CCC3(CC2)C(=O)Oc2ccccc23)CCN1c1ccc(S(=O)(=O)Nc2nccs2)cc1. The van der Waals surface area contributed by atoms with Gasteiger partial charge in [-0.15, -0.1) is 11.3 Å². The van der Waals surface area contributed by atoms with Gasteiger partial charge >= 0.3 is 5.97 Å². The second-order valence-corrected chi connectivity index (χ2v) is 11.8. The molecule has 3 aliphatic rings. The first-order chi connectivity index (χ1) is 17.4. The molecule has 6 rings (SSSR count). The first-order valence-electron chi connectivity index (χ1n) is 11.8. The third-order valence-electron chi connectivity index (χ3n) is 7.38. The lowest BCUT2D eigenvalue weighted by molar-refractivity contribution is -0.140. The molecule has 0 unspecified atom stereocenters. The van der Waals surface area contributed by atoms with Gasteiger partial charge in [0.15, 0.2) is 5.13 Å². The molecule has 0 aliphatic carbocycles. The Morgan fingerprint density at radius 1 is 1.03 bits per heavy atom. The highest BCUT2D eigenvalue weighted by atomic mass is 32.2. The lowest BCUT2D eigenvalue weighted by atomic mass is 9.73. The largest absolute Gasteiger partial charge is 0.426 e. The number of para-hydroxylation sites is 1. The van der Waals surface area contributed by atoms with Crippen LogP contribution < -0.4 is 14.4 Å². The van der Waals surface area contributed by atoms with Crippen molar-refractivity contribution in [1.29, 1.82) is 0 Å². The molecule has 36 heavy (non-hydrogen) atoms. The number of aromatic nitrogens is 1. The van der Waals surface area contributed by atoms with E-state index in [1.54, 1.807) is 22.4 Å². The lowest BCUT2D eigenvalue weighted by Gasteiger charge is -2.39. The first kappa shape index (κ1) is 23.1. The molecule has 3 aliphatic heterocycles. The Labute approximate surface area is 212 Å². The summed E-state index contributed by atoms with van der Waals surface area (Å²) in [5.41, 5.74) is 0.994. The maximum Gasteiger partial charge on any atom is 0.322 e. The second kappa shape index (κ2) is 8.68. The van der Waals surface area contributed by atoms with Crippen LogP contribution in [0.2, 0.25) is 0 Å². The molecule has 1 amide bonds. The highest BCUT2D eigenvalue weighted by molar-refractivity contribution is 7.93. The Balaban J connectivity index is 1.13. The summed E-state index contributed by atoms with van der Waals surface area (Å²) in [7, 11) is -3.75. The Hall–Kier alpha value is -3.28. The Morgan fingerprint density at radius 2 is 1.78 bits per heavy atom. The zero-order valence-corrected chi connectivity index (χ0v) is 20.9. The van der Waals surface area contributed by atoms with Gasteiger partial charge in [-0.25, -0.2) is 13.4 Å². The van der Waals surface area contributed by atoms with Crippen LogP contribution in [0.1, 0.15) is 24.8 Å². The fraction of sp³-hybridized carbons (Fsp3) is 0.320. The minimum Gasteiger partial charge on any atom is -0.426 e. The second-order valence-electron chi connectivity index (χ2n) is 9.23. The maximum absolute atomic E-state index is 13.3. The number of fused-ring (bicyclic) bond motifs is 2. The Kier molecular flexibility index (Phi) is 5.58. The number of piperidine rings is 1. The molecule has 1 spiro atoms. The average Bonchev–Trinajstić information content (AvgIpc) is 3.59. The van der Waals surface area contributed by atoms with Crippen LogP contribution in [0.5, 0.6) is 5.75 Å². The number of carbonyl (C=O) groups excluding carboxylic acids is 2. The molecule has 2 saturated heterocycles. The molecule has 0 radical (unpaired) electrons. The summed E-state index contributed by atoms with van der Waals surface area (Å²) in [5.74, 6) is 0.449.